The summed E-state index contributed by atoms with van der Waals surface area (Å²) in [7, 11) is 5.04. The van der Waals surface area contributed by atoms with E-state index >= 15 is 0 Å². The third-order valence-corrected chi connectivity index (χ3v) is 5.57. The van der Waals surface area contributed by atoms with Crippen LogP contribution in [0.15, 0.2) is 47.5 Å². The van der Waals surface area contributed by atoms with Crippen LogP contribution in [0.2, 0.25) is 0 Å². The molecular weight excluding hydrogens is 505 g/mol. The molecule has 1 fully saturated rings. The lowest BCUT2D eigenvalue weighted by molar-refractivity contribution is 0.354. The molecule has 0 atom stereocenters. The predicted molar refractivity (Wildman–Crippen MR) is 137 cm³/mol. The van der Waals surface area contributed by atoms with Gasteiger partial charge < -0.3 is 24.8 Å². The second-order valence-corrected chi connectivity index (χ2v) is 7.54. The lowest BCUT2D eigenvalue weighted by Crippen LogP contribution is -2.39. The van der Waals surface area contributed by atoms with E-state index in [0.29, 0.717) is 0 Å². The van der Waals surface area contributed by atoms with Gasteiger partial charge in [-0.1, -0.05) is 24.3 Å². The largest absolute Gasteiger partial charge is 0.496 e. The van der Waals surface area contributed by atoms with E-state index in [9.17, 15) is 0 Å². The Morgan fingerprint density at radius 1 is 0.935 bits per heavy atom. The first-order chi connectivity index (χ1) is 14.7. The zero-order valence-electron chi connectivity index (χ0n) is 18.9. The van der Waals surface area contributed by atoms with Gasteiger partial charge in [0.05, 0.1) is 27.9 Å². The van der Waals surface area contributed by atoms with E-state index < -0.39 is 0 Å². The van der Waals surface area contributed by atoms with Crippen LogP contribution in [0.4, 0.5) is 0 Å². The zero-order chi connectivity index (χ0) is 21.4. The first kappa shape index (κ1) is 25.1. The summed E-state index contributed by atoms with van der Waals surface area (Å²) in [5.74, 6) is 3.30. The number of nitrogens with one attached hydrogen (secondary N) is 2. The van der Waals surface area contributed by atoms with Crippen LogP contribution < -0.4 is 24.8 Å². The fourth-order valence-corrected chi connectivity index (χ4v) is 3.68. The summed E-state index contributed by atoms with van der Waals surface area (Å²) in [5, 5.41) is 6.80. The van der Waals surface area contributed by atoms with Crippen molar-refractivity contribution in [2.75, 3.05) is 41.0 Å². The van der Waals surface area contributed by atoms with Crippen molar-refractivity contribution in [2.45, 2.75) is 31.6 Å². The number of ether oxygens (including phenoxy) is 3. The monoisotopic (exact) mass is 539 g/mol. The van der Waals surface area contributed by atoms with Gasteiger partial charge >= 0.3 is 0 Å². The maximum Gasteiger partial charge on any atom is 0.191 e. The van der Waals surface area contributed by atoms with E-state index in [0.717, 1.165) is 62.1 Å². The number of methoxy groups -OCH3 is 3. The second-order valence-electron chi connectivity index (χ2n) is 7.54. The first-order valence-electron chi connectivity index (χ1n) is 10.5. The van der Waals surface area contributed by atoms with Gasteiger partial charge in [-0.15, -0.1) is 24.0 Å². The highest BCUT2D eigenvalue weighted by Gasteiger charge is 2.46. The molecule has 2 aromatic carbocycles. The molecule has 1 saturated carbocycles. The van der Waals surface area contributed by atoms with Gasteiger partial charge in [0.25, 0.3) is 0 Å². The molecule has 0 spiro atoms. The van der Waals surface area contributed by atoms with Gasteiger partial charge in [0.1, 0.15) is 5.75 Å². The van der Waals surface area contributed by atoms with Crippen molar-refractivity contribution in [1.29, 1.82) is 0 Å². The summed E-state index contributed by atoms with van der Waals surface area (Å²) in [6.45, 7) is 4.44. The molecule has 0 unspecified atom stereocenters. The molecule has 7 heteroatoms. The van der Waals surface area contributed by atoms with E-state index in [-0.39, 0.29) is 29.4 Å². The predicted octanol–water partition coefficient (Wildman–Crippen LogP) is 4.16. The highest BCUT2D eigenvalue weighted by molar-refractivity contribution is 14.0. The summed E-state index contributed by atoms with van der Waals surface area (Å²) >= 11 is 0. The Bertz CT molecular complexity index is 869. The lowest BCUT2D eigenvalue weighted by Gasteiger charge is -2.18. The first-order valence-corrected chi connectivity index (χ1v) is 10.5. The third kappa shape index (κ3) is 6.41. The number of halogens is 1. The number of para-hydroxylation sites is 1. The Hall–Kier alpha value is -2.16. The van der Waals surface area contributed by atoms with Crippen LogP contribution in [0.5, 0.6) is 17.2 Å². The number of guanidine groups is 1. The maximum absolute atomic E-state index is 5.58. The van der Waals surface area contributed by atoms with Crippen molar-refractivity contribution in [3.8, 4) is 17.2 Å². The molecule has 0 aliphatic heterocycles. The van der Waals surface area contributed by atoms with E-state index in [1.165, 1.54) is 11.1 Å². The normalized spacial score (nSPS) is 14.3. The lowest BCUT2D eigenvalue weighted by atomic mass is 9.95. The molecule has 31 heavy (non-hydrogen) atoms. The molecule has 0 saturated heterocycles. The van der Waals surface area contributed by atoms with Gasteiger partial charge in [-0.2, -0.15) is 0 Å². The fourth-order valence-electron chi connectivity index (χ4n) is 3.68. The molecule has 0 radical (unpaired) electrons. The molecular formula is C24H34IN3O3. The number of aliphatic imine (C=N–C) groups is 1. The van der Waals surface area contributed by atoms with E-state index in [4.69, 9.17) is 19.2 Å². The molecule has 0 bridgehead atoms. The van der Waals surface area contributed by atoms with Crippen LogP contribution >= 0.6 is 24.0 Å². The quantitative estimate of drug-likeness (QED) is 0.270. The van der Waals surface area contributed by atoms with E-state index in [1.807, 2.05) is 24.3 Å². The minimum Gasteiger partial charge on any atom is -0.496 e. The minimum atomic E-state index is 0. The summed E-state index contributed by atoms with van der Waals surface area (Å²) in [6, 6.07) is 14.3. The number of hydrogen-bond donors (Lipinski definition) is 2. The molecule has 1 aliphatic rings. The van der Waals surface area contributed by atoms with Crippen molar-refractivity contribution < 1.29 is 14.2 Å². The van der Waals surface area contributed by atoms with E-state index in [2.05, 4.69) is 35.8 Å². The van der Waals surface area contributed by atoms with Crippen LogP contribution in [0.1, 0.15) is 30.9 Å². The van der Waals surface area contributed by atoms with Crippen LogP contribution in [-0.2, 0) is 11.8 Å². The average Bonchev–Trinajstić information content (AvgIpc) is 3.58. The van der Waals surface area contributed by atoms with Crippen LogP contribution in [0.3, 0.4) is 0 Å². The summed E-state index contributed by atoms with van der Waals surface area (Å²) < 4.78 is 16.3. The molecule has 6 nitrogen and oxygen atoms in total. The van der Waals surface area contributed by atoms with E-state index in [1.54, 1.807) is 21.3 Å². The number of nitrogens with zero attached hydrogens (tertiary/aromatic N) is 1. The van der Waals surface area contributed by atoms with Gasteiger partial charge in [0.2, 0.25) is 0 Å². The molecule has 0 aromatic heterocycles. The molecule has 3 rings (SSSR count). The Morgan fingerprint density at radius 2 is 1.65 bits per heavy atom. The Labute approximate surface area is 202 Å². The van der Waals surface area contributed by atoms with Gasteiger partial charge in [0.15, 0.2) is 17.5 Å². The van der Waals surface area contributed by atoms with Crippen molar-refractivity contribution in [3.63, 3.8) is 0 Å². The Kier molecular flexibility index (Phi) is 9.74. The standard InChI is InChI=1S/C24H33N3O3.HI/c1-5-25-23(26-15-12-18-10-11-21(29-3)22(16-18)30-4)27-17-24(13-14-24)19-8-6-7-9-20(19)28-2;/h6-11,16H,5,12-15,17H2,1-4H3,(H2,25,26,27);1H. The molecule has 2 aromatic rings. The van der Waals surface area contributed by atoms with Crippen molar-refractivity contribution >= 4 is 29.9 Å². The highest BCUT2D eigenvalue weighted by Crippen LogP contribution is 2.51. The summed E-state index contributed by atoms with van der Waals surface area (Å²) in [4.78, 5) is 4.89. The summed E-state index contributed by atoms with van der Waals surface area (Å²) in [5.41, 5.74) is 2.54. The molecule has 170 valence electrons. The fraction of sp³-hybridized carbons (Fsp3) is 0.458. The van der Waals surface area contributed by atoms with Gasteiger partial charge in [0, 0.05) is 24.1 Å². The zero-order valence-corrected chi connectivity index (χ0v) is 21.2. The second kappa shape index (κ2) is 12.0. The highest BCUT2D eigenvalue weighted by atomic mass is 127. The molecule has 0 amide bonds. The van der Waals surface area contributed by atoms with Crippen LogP contribution in [-0.4, -0.2) is 46.9 Å². The molecule has 2 N–H and O–H groups in total. The van der Waals surface area contributed by atoms with Gasteiger partial charge in [-0.25, -0.2) is 0 Å². The van der Waals surface area contributed by atoms with Gasteiger partial charge in [-0.3, -0.25) is 4.99 Å². The number of hydrogen-bond acceptors (Lipinski definition) is 4. The maximum atomic E-state index is 5.58. The number of rotatable bonds is 10. The smallest absolute Gasteiger partial charge is 0.191 e. The average molecular weight is 539 g/mol. The van der Waals surface area contributed by atoms with Crippen molar-refractivity contribution in [3.05, 3.63) is 53.6 Å². The SMILES string of the molecule is CCNC(=NCC1(c2ccccc2OC)CC1)NCCc1ccc(OC)c(OC)c1.I. The van der Waals surface area contributed by atoms with Gasteiger partial charge in [-0.05, 0) is 49.9 Å². The van der Waals surface area contributed by atoms with Crippen LogP contribution in [0.25, 0.3) is 0 Å². The van der Waals surface area contributed by atoms with Crippen molar-refractivity contribution in [2.24, 2.45) is 4.99 Å². The summed E-state index contributed by atoms with van der Waals surface area (Å²) in [6.07, 6.45) is 3.15. The molecule has 0 heterocycles. The third-order valence-electron chi connectivity index (χ3n) is 5.57. The Balaban J connectivity index is 0.00000341. The molecule has 1 aliphatic carbocycles. The van der Waals surface area contributed by atoms with Crippen LogP contribution in [0, 0.1) is 0 Å². The Morgan fingerprint density at radius 3 is 2.29 bits per heavy atom. The number of benzene rings is 2. The minimum absolute atomic E-state index is 0. The topological polar surface area (TPSA) is 64.1 Å². The van der Waals surface area contributed by atoms with Crippen molar-refractivity contribution in [1.82, 2.24) is 10.6 Å².